The molecule has 0 radical (unpaired) electrons. The molecule has 0 saturated carbocycles. The van der Waals surface area contributed by atoms with E-state index in [2.05, 4.69) is 0 Å². The van der Waals surface area contributed by atoms with Crippen molar-refractivity contribution in [1.82, 2.24) is 0 Å². The van der Waals surface area contributed by atoms with Crippen LogP contribution in [0.3, 0.4) is 0 Å². The molecule has 0 unspecified atom stereocenters. The predicted molar refractivity (Wildman–Crippen MR) is 41.6 cm³/mol. The molecule has 0 heterocycles. The Hall–Kier alpha value is 1.37. The van der Waals surface area contributed by atoms with E-state index in [1.807, 2.05) is 0 Å². The van der Waals surface area contributed by atoms with Crippen molar-refractivity contribution >= 4 is 35.5 Å². The van der Waals surface area contributed by atoms with Crippen LogP contribution < -0.4 is 18.9 Å². The molecule has 0 atom stereocenters. The van der Waals surface area contributed by atoms with Crippen LogP contribution in [0.5, 0.6) is 0 Å². The summed E-state index contributed by atoms with van der Waals surface area (Å²) in [6.45, 7) is 0. The van der Waals surface area contributed by atoms with Gasteiger partial charge in [-0.1, -0.05) is 0 Å². The van der Waals surface area contributed by atoms with E-state index in [9.17, 15) is 0 Å². The Morgan fingerprint density at radius 1 is 0.500 bits per heavy atom. The third-order valence-electron chi connectivity index (χ3n) is 0. The fourth-order valence-corrected chi connectivity index (χ4v) is 0. The molecule has 0 aliphatic heterocycles. The smallest absolute Gasteiger partial charge is 1.00 e. The number of hydrogen-bond acceptors (Lipinski definition) is 0. The summed E-state index contributed by atoms with van der Waals surface area (Å²) in [5, 5.41) is 0. The van der Waals surface area contributed by atoms with Gasteiger partial charge in [-0.15, -0.1) is 12.4 Å². The molecule has 0 aromatic heterocycles. The van der Waals surface area contributed by atoms with Crippen molar-refractivity contribution in [2.45, 2.75) is 0 Å². The number of hydrogen-bond donors (Lipinski definition) is 0. The van der Waals surface area contributed by atoms with E-state index in [1.165, 1.54) is 0 Å². The Labute approximate surface area is 96.9 Å². The molecule has 10 heavy (non-hydrogen) atoms. The predicted octanol–water partition coefficient (Wildman–Crippen LogP) is -8.39. The Morgan fingerprint density at radius 3 is 0.500 bits per heavy atom. The summed E-state index contributed by atoms with van der Waals surface area (Å²) in [6, 6.07) is 0. The van der Waals surface area contributed by atoms with Crippen LogP contribution in [0.1, 0.15) is 4.28 Å². The van der Waals surface area contributed by atoms with Crippen molar-refractivity contribution in [2.24, 2.45) is 0 Å². The van der Waals surface area contributed by atoms with Crippen molar-refractivity contribution < 1.29 is 61.5 Å². The van der Waals surface area contributed by atoms with Crippen molar-refractivity contribution in [3.05, 3.63) is 0 Å². The van der Waals surface area contributed by atoms with Crippen LogP contribution in [-0.4, -0.2) is 61.4 Å². The molecule has 10 heteroatoms. The summed E-state index contributed by atoms with van der Waals surface area (Å²) < 4.78 is 0. The molecule has 14 N–H and O–H groups in total. The summed E-state index contributed by atoms with van der Waals surface area (Å²) in [5.41, 5.74) is 0. The van der Waals surface area contributed by atoms with E-state index in [4.69, 9.17) is 0 Å². The monoisotopic (exact) mass is 196 g/mol. The van der Waals surface area contributed by atoms with Crippen LogP contribution in [0.15, 0.2) is 0 Å². The first-order valence-electron chi connectivity index (χ1n) is 0. The average molecular weight is 197 g/mol. The first-order chi connectivity index (χ1) is 0. The van der Waals surface area contributed by atoms with Gasteiger partial charge in [-0.25, -0.2) is 0 Å². The second-order valence-electron chi connectivity index (χ2n) is 0. The van der Waals surface area contributed by atoms with Gasteiger partial charge in [-0.2, -0.15) is 0 Å². The van der Waals surface area contributed by atoms with Crippen molar-refractivity contribution in [1.29, 1.82) is 0 Å². The van der Waals surface area contributed by atoms with Gasteiger partial charge in [-0.3, -0.25) is 0 Å². The molecule has 0 aromatic rings. The molecule has 0 amide bonds. The van der Waals surface area contributed by atoms with Gasteiger partial charge in [0.25, 0.3) is 0 Å². The zero-order chi connectivity index (χ0) is 0. The molecule has 0 rings (SSSR count). The van der Waals surface area contributed by atoms with Gasteiger partial charge in [0.15, 0.2) is 0 Å². The maximum absolute atomic E-state index is 0. The van der Waals surface area contributed by atoms with Crippen LogP contribution in [-0.2, 0) is 0 Å². The fourth-order valence-electron chi connectivity index (χ4n) is 0. The molecule has 0 saturated heterocycles. The van der Waals surface area contributed by atoms with E-state index in [-0.39, 0.29) is 96.9 Å². The summed E-state index contributed by atoms with van der Waals surface area (Å²) in [6.07, 6.45) is 0. The van der Waals surface area contributed by atoms with Crippen LogP contribution in [0.25, 0.3) is 0 Å². The quantitative estimate of drug-likeness (QED) is 0.329. The minimum atomic E-state index is 0. The third-order valence-corrected chi connectivity index (χ3v) is 0. The first-order valence-corrected chi connectivity index (χ1v) is 0. The van der Waals surface area contributed by atoms with E-state index in [1.54, 1.807) is 0 Å². The van der Waals surface area contributed by atoms with Crippen molar-refractivity contribution in [2.75, 3.05) is 0 Å². The standard InChI is InChI=1S/ClH.Li.Mg.7H2O.3H/h1H;;;7*1H2;;;/q;+1;+2;;;;;;;;3*-1. The normalized spacial score (nSPS) is 0. The maximum Gasteiger partial charge on any atom is 2.00 e. The topological polar surface area (TPSA) is 220 Å². The van der Waals surface area contributed by atoms with E-state index in [0.717, 1.165) is 0 Å². The largest absolute Gasteiger partial charge is 2.00 e. The molecule has 0 aliphatic rings. The Balaban J connectivity index is 0. The van der Waals surface area contributed by atoms with Gasteiger partial charge in [0, 0.05) is 0 Å². The Bertz CT molecular complexity index is 23.7. The van der Waals surface area contributed by atoms with Crippen LogP contribution in [0.4, 0.5) is 0 Å². The van der Waals surface area contributed by atoms with E-state index in [0.29, 0.717) is 0 Å². The minimum Gasteiger partial charge on any atom is -1.00 e. The van der Waals surface area contributed by atoms with Crippen molar-refractivity contribution in [3.8, 4) is 0 Å². The SMILES string of the molecule is Cl.O.O.O.O.O.O.O.[H-].[H-].[H-].[Li+].[Mg+2]. The number of halogens is 1. The van der Waals surface area contributed by atoms with E-state index < -0.39 is 0 Å². The van der Waals surface area contributed by atoms with Gasteiger partial charge in [0.1, 0.15) is 0 Å². The summed E-state index contributed by atoms with van der Waals surface area (Å²) in [5.74, 6) is 0. The maximum atomic E-state index is 0. The first kappa shape index (κ1) is 649. The molecule has 0 aliphatic carbocycles. The molecule has 0 fully saturated rings. The van der Waals surface area contributed by atoms with Gasteiger partial charge >= 0.3 is 41.9 Å². The van der Waals surface area contributed by atoms with Gasteiger partial charge < -0.3 is 42.6 Å². The molecule has 0 spiro atoms. The molecule has 0 bridgehead atoms. The van der Waals surface area contributed by atoms with Crippen LogP contribution >= 0.6 is 12.4 Å². The molecule has 7 nitrogen and oxygen atoms in total. The van der Waals surface area contributed by atoms with Gasteiger partial charge in [0.2, 0.25) is 0 Å². The molecular formula is H18ClLiMgO7. The second-order valence-corrected chi connectivity index (χ2v) is 0. The summed E-state index contributed by atoms with van der Waals surface area (Å²) in [4.78, 5) is 0. The molecule has 0 aromatic carbocycles. The van der Waals surface area contributed by atoms with Crippen LogP contribution in [0.2, 0.25) is 0 Å². The zero-order valence-corrected chi connectivity index (χ0v) is 7.85. The second kappa shape index (κ2) is 483. The summed E-state index contributed by atoms with van der Waals surface area (Å²) >= 11 is 0. The minimum absolute atomic E-state index is 0. The van der Waals surface area contributed by atoms with E-state index >= 15 is 0 Å². The number of rotatable bonds is 0. The fraction of sp³-hybridized carbons (Fsp3) is 0. The Morgan fingerprint density at radius 2 is 0.500 bits per heavy atom. The molecule has 70 valence electrons. The van der Waals surface area contributed by atoms with Crippen LogP contribution in [0, 0.1) is 0 Å². The average Bonchev–Trinajstić information content (AvgIpc) is 0. The zero-order valence-electron chi connectivity index (χ0n) is 8.62. The molecular weight excluding hydrogens is 179 g/mol. The summed E-state index contributed by atoms with van der Waals surface area (Å²) in [7, 11) is 0. The van der Waals surface area contributed by atoms with Gasteiger partial charge in [0.05, 0.1) is 0 Å². The van der Waals surface area contributed by atoms with Gasteiger partial charge in [-0.05, 0) is 0 Å². The van der Waals surface area contributed by atoms with Crippen molar-refractivity contribution in [3.63, 3.8) is 0 Å². The Kier molecular flexibility index (Phi) is 31300. The third kappa shape index (κ3) is 348.